The Hall–Kier alpha value is -1.05. The summed E-state index contributed by atoms with van der Waals surface area (Å²) >= 11 is 0. The molecule has 8 heteroatoms. The van der Waals surface area contributed by atoms with E-state index in [9.17, 15) is 13.2 Å². The molecule has 1 aromatic heterocycles. The third-order valence-corrected chi connectivity index (χ3v) is 4.55. The molecule has 1 aliphatic rings. The molecule has 2 rings (SSSR count). The molecular weight excluding hydrogens is 306 g/mol. The van der Waals surface area contributed by atoms with Gasteiger partial charge in [-0.2, -0.15) is 0 Å². The van der Waals surface area contributed by atoms with Crippen LogP contribution in [-0.4, -0.2) is 38.8 Å². The molecule has 0 spiro atoms. The molecule has 0 aliphatic heterocycles. The summed E-state index contributed by atoms with van der Waals surface area (Å²) in [6.45, 7) is 0.693. The summed E-state index contributed by atoms with van der Waals surface area (Å²) in [5.74, 6) is -0.530. The molecule has 1 aromatic rings. The molecule has 0 saturated heterocycles. The Morgan fingerprint density at radius 3 is 2.70 bits per heavy atom. The van der Waals surface area contributed by atoms with Gasteiger partial charge >= 0.3 is 5.97 Å². The highest BCUT2D eigenvalue weighted by atomic mass is 35.7. The van der Waals surface area contributed by atoms with Gasteiger partial charge in [0.15, 0.2) is 0 Å². The van der Waals surface area contributed by atoms with Gasteiger partial charge in [0, 0.05) is 30.5 Å². The monoisotopic (exact) mass is 321 g/mol. The first kappa shape index (κ1) is 15.3. The lowest BCUT2D eigenvalue weighted by molar-refractivity contribution is 0.00774. The molecule has 0 atom stereocenters. The number of nitrogens with zero attached hydrogens (tertiary/aromatic N) is 1. The molecule has 6 nitrogen and oxygen atoms in total. The minimum Gasteiger partial charge on any atom is -0.458 e. The first-order valence-electron chi connectivity index (χ1n) is 6.26. The molecule has 0 amide bonds. The standard InChI is InChI=1S/C12H16ClNO5S/c1-18-6-5-14-8-10(20(13,16)17)7-11(14)12(15)19-9-3-2-4-9/h7-9H,2-6H2,1H3. The highest BCUT2D eigenvalue weighted by Gasteiger charge is 2.26. The second kappa shape index (κ2) is 6.15. The van der Waals surface area contributed by atoms with Crippen LogP contribution >= 0.6 is 10.7 Å². The number of aromatic nitrogens is 1. The van der Waals surface area contributed by atoms with Crippen LogP contribution in [0.1, 0.15) is 29.8 Å². The van der Waals surface area contributed by atoms with E-state index >= 15 is 0 Å². The quantitative estimate of drug-likeness (QED) is 0.589. The topological polar surface area (TPSA) is 74.6 Å². The third kappa shape index (κ3) is 3.53. The first-order chi connectivity index (χ1) is 9.41. The number of rotatable bonds is 6. The Kier molecular flexibility index (Phi) is 4.72. The fraction of sp³-hybridized carbons (Fsp3) is 0.583. The Labute approximate surface area is 122 Å². The first-order valence-corrected chi connectivity index (χ1v) is 8.57. The summed E-state index contributed by atoms with van der Waals surface area (Å²) < 4.78 is 34.4. The molecule has 0 bridgehead atoms. The predicted molar refractivity (Wildman–Crippen MR) is 72.4 cm³/mol. The van der Waals surface area contributed by atoms with Crippen molar-refractivity contribution >= 4 is 25.7 Å². The summed E-state index contributed by atoms with van der Waals surface area (Å²) in [4.78, 5) is 11.9. The van der Waals surface area contributed by atoms with E-state index in [-0.39, 0.29) is 16.7 Å². The Morgan fingerprint density at radius 2 is 2.20 bits per heavy atom. The zero-order chi connectivity index (χ0) is 14.8. The predicted octanol–water partition coefficient (Wildman–Crippen LogP) is 1.77. The van der Waals surface area contributed by atoms with Crippen LogP contribution < -0.4 is 0 Å². The molecular formula is C12H16ClNO5S. The van der Waals surface area contributed by atoms with Crippen LogP contribution in [0, 0.1) is 0 Å². The average Bonchev–Trinajstić information content (AvgIpc) is 2.75. The lowest BCUT2D eigenvalue weighted by atomic mass is 9.96. The van der Waals surface area contributed by atoms with Crippen LogP contribution in [0.4, 0.5) is 0 Å². The molecule has 0 radical (unpaired) electrons. The zero-order valence-electron chi connectivity index (χ0n) is 11.0. The van der Waals surface area contributed by atoms with Crippen molar-refractivity contribution in [2.75, 3.05) is 13.7 Å². The van der Waals surface area contributed by atoms with Gasteiger partial charge in [0.05, 0.1) is 6.61 Å². The van der Waals surface area contributed by atoms with Gasteiger partial charge in [-0.1, -0.05) is 0 Å². The number of esters is 1. The molecule has 1 fully saturated rings. The number of methoxy groups -OCH3 is 1. The maximum atomic E-state index is 12.1. The summed E-state index contributed by atoms with van der Waals surface area (Å²) in [5.41, 5.74) is 0.174. The van der Waals surface area contributed by atoms with Crippen molar-refractivity contribution in [2.45, 2.75) is 36.8 Å². The second-order valence-electron chi connectivity index (χ2n) is 4.64. The zero-order valence-corrected chi connectivity index (χ0v) is 12.6. The van der Waals surface area contributed by atoms with Crippen molar-refractivity contribution in [3.63, 3.8) is 0 Å². The van der Waals surface area contributed by atoms with E-state index in [4.69, 9.17) is 20.2 Å². The Bertz CT molecular complexity index is 591. The van der Waals surface area contributed by atoms with E-state index in [0.29, 0.717) is 13.2 Å². The normalized spacial score (nSPS) is 15.9. The van der Waals surface area contributed by atoms with Gasteiger partial charge in [0.2, 0.25) is 0 Å². The maximum Gasteiger partial charge on any atom is 0.355 e. The van der Waals surface area contributed by atoms with Crippen LogP contribution in [0.3, 0.4) is 0 Å². The molecule has 20 heavy (non-hydrogen) atoms. The largest absolute Gasteiger partial charge is 0.458 e. The highest BCUT2D eigenvalue weighted by molar-refractivity contribution is 8.13. The minimum atomic E-state index is -3.88. The van der Waals surface area contributed by atoms with Crippen LogP contribution in [0.2, 0.25) is 0 Å². The summed E-state index contributed by atoms with van der Waals surface area (Å²) in [5, 5.41) is 0. The molecule has 1 heterocycles. The number of halogens is 1. The van der Waals surface area contributed by atoms with E-state index in [1.807, 2.05) is 0 Å². The van der Waals surface area contributed by atoms with Crippen molar-refractivity contribution in [2.24, 2.45) is 0 Å². The fourth-order valence-electron chi connectivity index (χ4n) is 1.86. The second-order valence-corrected chi connectivity index (χ2v) is 7.21. The van der Waals surface area contributed by atoms with Crippen LogP contribution in [0.15, 0.2) is 17.2 Å². The lowest BCUT2D eigenvalue weighted by Gasteiger charge is -2.25. The van der Waals surface area contributed by atoms with Gasteiger partial charge in [-0.05, 0) is 25.3 Å². The van der Waals surface area contributed by atoms with Gasteiger partial charge in [0.25, 0.3) is 9.05 Å². The van der Waals surface area contributed by atoms with E-state index in [1.165, 1.54) is 23.9 Å². The smallest absolute Gasteiger partial charge is 0.355 e. The number of hydrogen-bond acceptors (Lipinski definition) is 5. The van der Waals surface area contributed by atoms with Gasteiger partial charge in [-0.3, -0.25) is 0 Å². The van der Waals surface area contributed by atoms with Crippen LogP contribution in [-0.2, 0) is 25.1 Å². The summed E-state index contributed by atoms with van der Waals surface area (Å²) in [6.07, 6.45) is 4.00. The van der Waals surface area contributed by atoms with Crippen molar-refractivity contribution < 1.29 is 22.7 Å². The van der Waals surface area contributed by atoms with Crippen molar-refractivity contribution in [3.05, 3.63) is 18.0 Å². The number of carbonyl (C=O) groups is 1. The van der Waals surface area contributed by atoms with Gasteiger partial charge in [0.1, 0.15) is 16.7 Å². The fourth-order valence-corrected chi connectivity index (χ4v) is 2.62. The molecule has 112 valence electrons. The van der Waals surface area contributed by atoms with Gasteiger partial charge < -0.3 is 14.0 Å². The van der Waals surface area contributed by atoms with Crippen LogP contribution in [0.5, 0.6) is 0 Å². The van der Waals surface area contributed by atoms with Gasteiger partial charge in [-0.15, -0.1) is 0 Å². The van der Waals surface area contributed by atoms with E-state index in [0.717, 1.165) is 19.3 Å². The lowest BCUT2D eigenvalue weighted by Crippen LogP contribution is -2.26. The average molecular weight is 322 g/mol. The third-order valence-electron chi connectivity index (χ3n) is 3.22. The maximum absolute atomic E-state index is 12.1. The SMILES string of the molecule is COCCn1cc(S(=O)(=O)Cl)cc1C(=O)OC1CCC1. The molecule has 1 aliphatic carbocycles. The summed E-state index contributed by atoms with van der Waals surface area (Å²) in [6, 6.07) is 1.24. The van der Waals surface area contributed by atoms with E-state index in [1.54, 1.807) is 0 Å². The van der Waals surface area contributed by atoms with E-state index in [2.05, 4.69) is 0 Å². The molecule has 1 saturated carbocycles. The molecule has 0 unspecified atom stereocenters. The summed E-state index contributed by atoms with van der Waals surface area (Å²) in [7, 11) is 2.94. The van der Waals surface area contributed by atoms with Gasteiger partial charge in [-0.25, -0.2) is 13.2 Å². The van der Waals surface area contributed by atoms with Crippen molar-refractivity contribution in [1.82, 2.24) is 4.57 Å². The number of hydrogen-bond donors (Lipinski definition) is 0. The molecule has 0 aromatic carbocycles. The Morgan fingerprint density at radius 1 is 1.50 bits per heavy atom. The van der Waals surface area contributed by atoms with Crippen LogP contribution in [0.25, 0.3) is 0 Å². The Balaban J connectivity index is 2.23. The highest BCUT2D eigenvalue weighted by Crippen LogP contribution is 2.25. The van der Waals surface area contributed by atoms with E-state index < -0.39 is 15.0 Å². The van der Waals surface area contributed by atoms with Crippen molar-refractivity contribution in [3.8, 4) is 0 Å². The minimum absolute atomic E-state index is 0.0654. The van der Waals surface area contributed by atoms with Crippen molar-refractivity contribution in [1.29, 1.82) is 0 Å². The number of carbonyl (C=O) groups excluding carboxylic acids is 1. The molecule has 0 N–H and O–H groups in total. The number of ether oxygens (including phenoxy) is 2.